The molecular weight excluding hydrogens is 206 g/mol. The third-order valence-electron chi connectivity index (χ3n) is 2.73. The van der Waals surface area contributed by atoms with Crippen molar-refractivity contribution in [1.82, 2.24) is 5.32 Å². The van der Waals surface area contributed by atoms with Gasteiger partial charge in [-0.2, -0.15) is 0 Å². The molecule has 0 bridgehead atoms. The first-order chi connectivity index (χ1) is 7.45. The van der Waals surface area contributed by atoms with Crippen LogP contribution in [0.4, 0.5) is 0 Å². The third kappa shape index (κ3) is 1.66. The van der Waals surface area contributed by atoms with Crippen LogP contribution in [0.5, 0.6) is 0 Å². The van der Waals surface area contributed by atoms with E-state index in [-0.39, 0.29) is 0 Å². The molecule has 1 atom stereocenters. The van der Waals surface area contributed by atoms with E-state index in [1.54, 1.807) is 0 Å². The molecule has 0 radical (unpaired) electrons. The summed E-state index contributed by atoms with van der Waals surface area (Å²) in [7, 11) is 0. The predicted molar refractivity (Wildman–Crippen MR) is 64.0 cm³/mol. The Morgan fingerprint density at radius 1 is 1.33 bits per heavy atom. The SMILES string of the molecule is c1ccc2c(C3NCCCS3)coc2c1. The molecule has 2 nitrogen and oxygen atoms in total. The average Bonchev–Trinajstić information content (AvgIpc) is 2.74. The molecule has 1 N–H and O–H groups in total. The summed E-state index contributed by atoms with van der Waals surface area (Å²) in [5.41, 5.74) is 2.27. The normalized spacial score (nSPS) is 22.0. The van der Waals surface area contributed by atoms with Gasteiger partial charge in [-0.15, -0.1) is 11.8 Å². The van der Waals surface area contributed by atoms with Crippen LogP contribution in [0.2, 0.25) is 0 Å². The van der Waals surface area contributed by atoms with E-state index in [1.165, 1.54) is 23.1 Å². The Hall–Kier alpha value is -0.930. The lowest BCUT2D eigenvalue weighted by molar-refractivity contribution is 0.594. The van der Waals surface area contributed by atoms with Crippen molar-refractivity contribution in [2.45, 2.75) is 11.8 Å². The van der Waals surface area contributed by atoms with Crippen LogP contribution in [0, 0.1) is 0 Å². The summed E-state index contributed by atoms with van der Waals surface area (Å²) in [4.78, 5) is 0. The van der Waals surface area contributed by atoms with Crippen LogP contribution in [0.25, 0.3) is 11.0 Å². The van der Waals surface area contributed by atoms with Gasteiger partial charge in [0.1, 0.15) is 5.58 Å². The highest BCUT2D eigenvalue weighted by molar-refractivity contribution is 7.99. The number of furan rings is 1. The van der Waals surface area contributed by atoms with Gasteiger partial charge in [0, 0.05) is 10.9 Å². The predicted octanol–water partition coefficient (Wildman–Crippen LogP) is 3.16. The molecule has 15 heavy (non-hydrogen) atoms. The second kappa shape index (κ2) is 3.91. The maximum absolute atomic E-state index is 5.55. The number of nitrogens with one attached hydrogen (secondary N) is 1. The van der Waals surface area contributed by atoms with E-state index in [9.17, 15) is 0 Å². The summed E-state index contributed by atoms with van der Waals surface area (Å²) in [6.45, 7) is 1.11. The quantitative estimate of drug-likeness (QED) is 0.797. The Morgan fingerprint density at radius 3 is 3.13 bits per heavy atom. The number of hydrogen-bond acceptors (Lipinski definition) is 3. The largest absolute Gasteiger partial charge is 0.464 e. The number of fused-ring (bicyclic) bond motifs is 1. The van der Waals surface area contributed by atoms with Crippen LogP contribution in [-0.2, 0) is 0 Å². The van der Waals surface area contributed by atoms with Crippen LogP contribution in [0.3, 0.4) is 0 Å². The number of benzene rings is 1. The molecule has 0 saturated carbocycles. The van der Waals surface area contributed by atoms with Gasteiger partial charge in [0.05, 0.1) is 11.6 Å². The molecule has 2 aromatic rings. The van der Waals surface area contributed by atoms with Gasteiger partial charge < -0.3 is 9.73 Å². The molecule has 3 rings (SSSR count). The fourth-order valence-corrected chi connectivity index (χ4v) is 3.11. The zero-order valence-corrected chi connectivity index (χ0v) is 9.22. The minimum Gasteiger partial charge on any atom is -0.464 e. The van der Waals surface area contributed by atoms with Crippen molar-refractivity contribution >= 4 is 22.7 Å². The van der Waals surface area contributed by atoms with E-state index in [4.69, 9.17) is 4.42 Å². The van der Waals surface area contributed by atoms with Gasteiger partial charge in [0.25, 0.3) is 0 Å². The lowest BCUT2D eigenvalue weighted by atomic mass is 10.2. The monoisotopic (exact) mass is 219 g/mol. The minimum absolute atomic E-state index is 0.405. The second-order valence-corrected chi connectivity index (χ2v) is 4.96. The van der Waals surface area contributed by atoms with Crippen LogP contribution in [0.1, 0.15) is 17.4 Å². The molecule has 3 heteroatoms. The molecule has 78 valence electrons. The van der Waals surface area contributed by atoms with E-state index in [0.29, 0.717) is 5.37 Å². The zero-order chi connectivity index (χ0) is 10.1. The smallest absolute Gasteiger partial charge is 0.134 e. The van der Waals surface area contributed by atoms with Crippen LogP contribution in [-0.4, -0.2) is 12.3 Å². The van der Waals surface area contributed by atoms with Gasteiger partial charge in [0.15, 0.2) is 0 Å². The molecule has 2 heterocycles. The van der Waals surface area contributed by atoms with E-state index in [0.717, 1.165) is 12.1 Å². The average molecular weight is 219 g/mol. The van der Waals surface area contributed by atoms with E-state index < -0.39 is 0 Å². The first-order valence-corrected chi connectivity index (χ1v) is 6.31. The molecule has 1 aliphatic rings. The Morgan fingerprint density at radius 2 is 2.27 bits per heavy atom. The molecule has 0 amide bonds. The number of thioether (sulfide) groups is 1. The lowest BCUT2D eigenvalue weighted by Crippen LogP contribution is -2.24. The zero-order valence-electron chi connectivity index (χ0n) is 8.40. The fraction of sp³-hybridized carbons (Fsp3) is 0.333. The van der Waals surface area contributed by atoms with Crippen molar-refractivity contribution in [2.75, 3.05) is 12.3 Å². The first kappa shape index (κ1) is 9.31. The summed E-state index contributed by atoms with van der Waals surface area (Å²) >= 11 is 1.96. The summed E-state index contributed by atoms with van der Waals surface area (Å²) in [6.07, 6.45) is 3.15. The molecular formula is C12H13NOS. The van der Waals surface area contributed by atoms with E-state index in [2.05, 4.69) is 17.4 Å². The van der Waals surface area contributed by atoms with Crippen LogP contribution in [0.15, 0.2) is 34.9 Å². The lowest BCUT2D eigenvalue weighted by Gasteiger charge is -2.22. The molecule has 1 aromatic carbocycles. The third-order valence-corrected chi connectivity index (χ3v) is 4.01. The fourth-order valence-electron chi connectivity index (χ4n) is 1.97. The van der Waals surface area contributed by atoms with Crippen molar-refractivity contribution in [3.05, 3.63) is 36.1 Å². The van der Waals surface area contributed by atoms with Crippen LogP contribution >= 0.6 is 11.8 Å². The minimum atomic E-state index is 0.405. The highest BCUT2D eigenvalue weighted by atomic mass is 32.2. The molecule has 0 aliphatic carbocycles. The highest BCUT2D eigenvalue weighted by Crippen LogP contribution is 2.34. The molecule has 1 unspecified atom stereocenters. The van der Waals surface area contributed by atoms with Crippen molar-refractivity contribution in [1.29, 1.82) is 0 Å². The summed E-state index contributed by atoms with van der Waals surface area (Å²) in [6, 6.07) is 8.23. The number of rotatable bonds is 1. The highest BCUT2D eigenvalue weighted by Gasteiger charge is 2.19. The summed E-state index contributed by atoms with van der Waals surface area (Å²) < 4.78 is 5.55. The molecule has 0 spiro atoms. The molecule has 1 aliphatic heterocycles. The Kier molecular flexibility index (Phi) is 2.43. The summed E-state index contributed by atoms with van der Waals surface area (Å²) in [5.74, 6) is 1.23. The van der Waals surface area contributed by atoms with Gasteiger partial charge in [-0.3, -0.25) is 0 Å². The molecule has 1 saturated heterocycles. The van der Waals surface area contributed by atoms with Gasteiger partial charge in [-0.05, 0) is 24.8 Å². The van der Waals surface area contributed by atoms with E-state index in [1.807, 2.05) is 30.2 Å². The van der Waals surface area contributed by atoms with Crippen molar-refractivity contribution in [3.8, 4) is 0 Å². The van der Waals surface area contributed by atoms with Crippen LogP contribution < -0.4 is 5.32 Å². The van der Waals surface area contributed by atoms with Crippen molar-refractivity contribution < 1.29 is 4.42 Å². The second-order valence-electron chi connectivity index (χ2n) is 3.75. The standard InChI is InChI=1S/C12H13NOS/c1-2-5-11-9(4-1)10(8-14-11)12-13-6-3-7-15-12/h1-2,4-5,8,12-13H,3,6-7H2. The maximum Gasteiger partial charge on any atom is 0.134 e. The van der Waals surface area contributed by atoms with Gasteiger partial charge in [-0.25, -0.2) is 0 Å². The van der Waals surface area contributed by atoms with Crippen molar-refractivity contribution in [2.24, 2.45) is 0 Å². The topological polar surface area (TPSA) is 25.2 Å². The Balaban J connectivity index is 2.02. The van der Waals surface area contributed by atoms with Gasteiger partial charge in [0.2, 0.25) is 0 Å². The summed E-state index contributed by atoms with van der Waals surface area (Å²) in [5, 5.41) is 5.16. The number of hydrogen-bond donors (Lipinski definition) is 1. The van der Waals surface area contributed by atoms with Crippen molar-refractivity contribution in [3.63, 3.8) is 0 Å². The maximum atomic E-state index is 5.55. The first-order valence-electron chi connectivity index (χ1n) is 5.26. The number of para-hydroxylation sites is 1. The Labute approximate surface area is 93.0 Å². The van der Waals surface area contributed by atoms with Gasteiger partial charge in [-0.1, -0.05) is 18.2 Å². The van der Waals surface area contributed by atoms with Gasteiger partial charge >= 0.3 is 0 Å². The Bertz CT molecular complexity index is 459. The molecule has 1 fully saturated rings. The molecule has 1 aromatic heterocycles. The van der Waals surface area contributed by atoms with E-state index >= 15 is 0 Å².